The van der Waals surface area contributed by atoms with Crippen LogP contribution in [0.2, 0.25) is 0 Å². The summed E-state index contributed by atoms with van der Waals surface area (Å²) in [6, 6.07) is 21.6. The van der Waals surface area contributed by atoms with Gasteiger partial charge in [0.1, 0.15) is 43.1 Å². The van der Waals surface area contributed by atoms with E-state index in [4.69, 9.17) is 0 Å². The predicted molar refractivity (Wildman–Crippen MR) is 206 cm³/mol. The molecule has 0 aliphatic carbocycles. The van der Waals surface area contributed by atoms with Gasteiger partial charge in [0.2, 0.25) is 0 Å². The van der Waals surface area contributed by atoms with Gasteiger partial charge in [-0.1, -0.05) is 38.1 Å². The Balaban J connectivity index is 0.000000248. The van der Waals surface area contributed by atoms with Crippen molar-refractivity contribution in [3.8, 4) is 11.5 Å². The molecule has 288 valence electrons. The van der Waals surface area contributed by atoms with Gasteiger partial charge >= 0.3 is 48.9 Å². The van der Waals surface area contributed by atoms with Gasteiger partial charge in [0.15, 0.2) is 0 Å². The first-order valence-corrected chi connectivity index (χ1v) is 19.0. The third kappa shape index (κ3) is 10.6. The van der Waals surface area contributed by atoms with Crippen LogP contribution in [-0.4, -0.2) is 94.9 Å². The third-order valence-electron chi connectivity index (χ3n) is 8.18. The SMILES string of the molecule is CCc1cc(N=Nc2c(O)ccc3c(S(=O)(=O)[O-])cccc23)cc([N+](=O)[O-])c1.CCc1cc(N=Nc2c(O)ccc3c(S(=O)(=O)[O-])cccc23)cc([N+](=O)[O-])c1.[Ba+2]. The minimum absolute atomic E-state index is 0. The van der Waals surface area contributed by atoms with Gasteiger partial charge < -0.3 is 19.3 Å². The summed E-state index contributed by atoms with van der Waals surface area (Å²) in [5.74, 6) is -0.560. The van der Waals surface area contributed by atoms with Crippen molar-refractivity contribution in [2.75, 3.05) is 0 Å². The number of non-ortho nitro benzene ring substituents is 2. The Labute approximate surface area is 364 Å². The number of hydrogen-bond donors (Lipinski definition) is 2. The largest absolute Gasteiger partial charge is 2.00 e. The van der Waals surface area contributed by atoms with Crippen molar-refractivity contribution in [3.05, 3.63) is 128 Å². The second-order valence-corrected chi connectivity index (χ2v) is 14.5. The maximum absolute atomic E-state index is 11.5. The van der Waals surface area contributed by atoms with Crippen LogP contribution in [-0.2, 0) is 33.1 Å². The Hall–Kier alpha value is -5.17. The molecule has 2 N–H and O–H groups in total. The first-order chi connectivity index (χ1) is 26.4. The second kappa shape index (κ2) is 18.4. The minimum atomic E-state index is -4.73. The average Bonchev–Trinajstić information content (AvgIpc) is 3.15. The van der Waals surface area contributed by atoms with E-state index in [-0.39, 0.29) is 116 Å². The van der Waals surface area contributed by atoms with Crippen LogP contribution >= 0.6 is 0 Å². The monoisotopic (exact) mass is 938 g/mol. The molecule has 6 aromatic rings. The predicted octanol–water partition coefficient (Wildman–Crippen LogP) is 8.29. The molecule has 0 radical (unpaired) electrons. The number of benzene rings is 6. The van der Waals surface area contributed by atoms with Crippen LogP contribution in [0.5, 0.6) is 11.5 Å². The van der Waals surface area contributed by atoms with Gasteiger partial charge in [-0.25, -0.2) is 16.8 Å². The molecule has 0 saturated carbocycles. The van der Waals surface area contributed by atoms with E-state index in [0.29, 0.717) is 24.0 Å². The van der Waals surface area contributed by atoms with E-state index >= 15 is 0 Å². The van der Waals surface area contributed by atoms with Gasteiger partial charge in [-0.3, -0.25) is 20.2 Å². The van der Waals surface area contributed by atoms with Crippen LogP contribution in [0.25, 0.3) is 21.5 Å². The van der Waals surface area contributed by atoms with E-state index in [2.05, 4.69) is 20.5 Å². The topological polar surface area (TPSA) is 291 Å². The molecule has 6 aromatic carbocycles. The van der Waals surface area contributed by atoms with Gasteiger partial charge in [0.25, 0.3) is 11.4 Å². The molecule has 0 unspecified atom stereocenters. The number of fused-ring (bicyclic) bond motifs is 2. The fourth-order valence-electron chi connectivity index (χ4n) is 5.51. The van der Waals surface area contributed by atoms with Gasteiger partial charge in [0, 0.05) is 45.8 Å². The summed E-state index contributed by atoms with van der Waals surface area (Å²) < 4.78 is 68.8. The summed E-state index contributed by atoms with van der Waals surface area (Å²) in [7, 11) is -9.46. The molecule has 0 bridgehead atoms. The van der Waals surface area contributed by atoms with E-state index in [1.54, 1.807) is 12.1 Å². The zero-order valence-corrected chi connectivity index (χ0v) is 35.9. The summed E-state index contributed by atoms with van der Waals surface area (Å²) in [6.45, 7) is 3.67. The van der Waals surface area contributed by atoms with E-state index in [0.717, 1.165) is 12.1 Å². The maximum Gasteiger partial charge on any atom is 2.00 e. The van der Waals surface area contributed by atoms with E-state index < -0.39 is 39.9 Å². The van der Waals surface area contributed by atoms with Crippen LogP contribution in [0.15, 0.2) is 127 Å². The van der Waals surface area contributed by atoms with Crippen molar-refractivity contribution in [2.45, 2.75) is 36.5 Å². The quantitative estimate of drug-likeness (QED) is 0.0431. The summed E-state index contributed by atoms with van der Waals surface area (Å²) in [5.41, 5.74) is 1.39. The molecule has 21 heteroatoms. The van der Waals surface area contributed by atoms with Crippen molar-refractivity contribution >= 4 is 125 Å². The number of phenolic OH excluding ortho intramolecular Hbond substituents is 2. The Morgan fingerprint density at radius 2 is 0.912 bits per heavy atom. The summed E-state index contributed by atoms with van der Waals surface area (Å²) in [5, 5.41) is 58.8. The molecule has 0 atom stereocenters. The number of aromatic hydroxyl groups is 2. The zero-order chi connectivity index (χ0) is 40.9. The smallest absolute Gasteiger partial charge is 0.744 e. The normalized spacial score (nSPS) is 11.7. The van der Waals surface area contributed by atoms with E-state index in [9.17, 15) is 56.4 Å². The second-order valence-electron chi connectivity index (χ2n) is 11.8. The molecule has 0 saturated heterocycles. The molecule has 0 aliphatic heterocycles. The average molecular weight is 938 g/mol. The van der Waals surface area contributed by atoms with Crippen LogP contribution in [0.1, 0.15) is 25.0 Å². The Kier molecular flexibility index (Phi) is 14.4. The molecule has 0 amide bonds. The number of nitrogens with zero attached hydrogens (tertiary/aromatic N) is 6. The van der Waals surface area contributed by atoms with Crippen LogP contribution in [0.3, 0.4) is 0 Å². The summed E-state index contributed by atoms with van der Waals surface area (Å²) in [6.07, 6.45) is 1.10. The van der Waals surface area contributed by atoms with Gasteiger partial charge in [0.05, 0.1) is 31.0 Å². The van der Waals surface area contributed by atoms with Gasteiger partial charge in [-0.05, 0) is 72.5 Å². The number of phenols is 2. The summed E-state index contributed by atoms with van der Waals surface area (Å²) in [4.78, 5) is 20.2. The number of nitro benzene ring substituents is 2. The van der Waals surface area contributed by atoms with Crippen molar-refractivity contribution < 1.29 is 46.0 Å². The zero-order valence-electron chi connectivity index (χ0n) is 29.8. The number of aryl methyl sites for hydroxylation is 2. The molecule has 0 heterocycles. The first-order valence-electron chi connectivity index (χ1n) is 16.2. The van der Waals surface area contributed by atoms with Crippen LogP contribution in [0, 0.1) is 20.2 Å². The number of rotatable bonds is 10. The van der Waals surface area contributed by atoms with Crippen molar-refractivity contribution in [1.29, 1.82) is 0 Å². The third-order valence-corrected chi connectivity index (χ3v) is 9.97. The van der Waals surface area contributed by atoms with Crippen molar-refractivity contribution in [3.63, 3.8) is 0 Å². The molecule has 0 fully saturated rings. The van der Waals surface area contributed by atoms with Gasteiger partial charge in [-0.15, -0.1) is 10.2 Å². The molecule has 57 heavy (non-hydrogen) atoms. The molecular formula is C36H28BaN6O12S2. The minimum Gasteiger partial charge on any atom is -0.744 e. The van der Waals surface area contributed by atoms with Gasteiger partial charge in [-0.2, -0.15) is 10.2 Å². The number of nitro groups is 2. The number of azo groups is 2. The molecule has 0 aromatic heterocycles. The summed E-state index contributed by atoms with van der Waals surface area (Å²) >= 11 is 0. The standard InChI is InChI=1S/2C18H15N3O6S.Ba/c2*1-2-11-8-12(10-13(9-11)21(23)24)19-20-18-15-4-3-5-17(28(25,26)27)14(15)6-7-16(18)22;/h2*3-10,22H,2H2,1H3,(H,25,26,27);/q;;+2/p-2. The van der Waals surface area contributed by atoms with Crippen molar-refractivity contribution in [1.82, 2.24) is 0 Å². The molecular weight excluding hydrogens is 910 g/mol. The molecule has 6 rings (SSSR count). The Morgan fingerprint density at radius 1 is 0.544 bits per heavy atom. The van der Waals surface area contributed by atoms with E-state index in [1.165, 1.54) is 72.8 Å². The number of hydrogen-bond acceptors (Lipinski definition) is 16. The molecule has 0 aliphatic rings. The van der Waals surface area contributed by atoms with Crippen LogP contribution in [0.4, 0.5) is 34.1 Å². The Morgan fingerprint density at radius 3 is 1.23 bits per heavy atom. The first kappa shape index (κ1) is 44.5. The van der Waals surface area contributed by atoms with Crippen LogP contribution < -0.4 is 0 Å². The fourth-order valence-corrected chi connectivity index (χ4v) is 6.90. The fraction of sp³-hybridized carbons (Fsp3) is 0.111. The maximum atomic E-state index is 11.5. The van der Waals surface area contributed by atoms with Crippen molar-refractivity contribution in [2.24, 2.45) is 20.5 Å². The molecule has 0 spiro atoms. The Bertz CT molecular complexity index is 2640. The molecule has 18 nitrogen and oxygen atoms in total. The van der Waals surface area contributed by atoms with E-state index in [1.807, 2.05) is 13.8 Å².